The van der Waals surface area contributed by atoms with Gasteiger partial charge in [-0.15, -0.1) is 0 Å². The lowest BCUT2D eigenvalue weighted by molar-refractivity contribution is 0.508. The molecule has 0 heterocycles. The summed E-state index contributed by atoms with van der Waals surface area (Å²) in [5.74, 6) is 0. The monoisotopic (exact) mass is 732 g/mol. The maximum Gasteiger partial charge on any atom is -0.00773 e. The SMILES string of the molecule is CCCCCCCCCCCCCCCCCCCCCCCCCCCCCCCCCCCCCCCCCCCCCCCCCCCN. The van der Waals surface area contributed by atoms with Crippen molar-refractivity contribution in [3.8, 4) is 0 Å². The molecule has 1 nitrogen and oxygen atoms in total. The zero-order chi connectivity index (χ0) is 37.4. The highest BCUT2D eigenvalue weighted by Gasteiger charge is 1.99. The van der Waals surface area contributed by atoms with Gasteiger partial charge in [-0.05, 0) is 13.0 Å². The van der Waals surface area contributed by atoms with Gasteiger partial charge in [0, 0.05) is 0 Å². The van der Waals surface area contributed by atoms with E-state index < -0.39 is 0 Å². The van der Waals surface area contributed by atoms with Gasteiger partial charge >= 0.3 is 0 Å². The predicted molar refractivity (Wildman–Crippen MR) is 241 cm³/mol. The molecule has 0 aromatic carbocycles. The topological polar surface area (TPSA) is 26.0 Å². The van der Waals surface area contributed by atoms with E-state index in [2.05, 4.69) is 6.92 Å². The Morgan fingerprint density at radius 3 is 0.346 bits per heavy atom. The molecule has 314 valence electrons. The van der Waals surface area contributed by atoms with Crippen LogP contribution in [0.2, 0.25) is 0 Å². The van der Waals surface area contributed by atoms with Crippen LogP contribution in [0.25, 0.3) is 0 Å². The number of hydrogen-bond acceptors (Lipinski definition) is 1. The molecule has 52 heavy (non-hydrogen) atoms. The Morgan fingerprint density at radius 1 is 0.154 bits per heavy atom. The Kier molecular flexibility index (Phi) is 50.9. The Hall–Kier alpha value is -0.0400. The Labute approximate surface area is 332 Å². The van der Waals surface area contributed by atoms with Crippen LogP contribution in [0.5, 0.6) is 0 Å². The molecule has 0 aliphatic heterocycles. The van der Waals surface area contributed by atoms with Crippen molar-refractivity contribution in [1.82, 2.24) is 0 Å². The van der Waals surface area contributed by atoms with Crippen LogP contribution < -0.4 is 5.73 Å². The summed E-state index contributed by atoms with van der Waals surface area (Å²) in [6.07, 6.45) is 72.2. The second kappa shape index (κ2) is 51.0. The van der Waals surface area contributed by atoms with E-state index in [-0.39, 0.29) is 0 Å². The molecule has 0 fully saturated rings. The summed E-state index contributed by atoms with van der Waals surface area (Å²) >= 11 is 0. The van der Waals surface area contributed by atoms with Crippen molar-refractivity contribution in [2.75, 3.05) is 6.54 Å². The summed E-state index contributed by atoms with van der Waals surface area (Å²) in [5.41, 5.74) is 5.56. The molecule has 0 bridgehead atoms. The zero-order valence-corrected chi connectivity index (χ0v) is 36.9. The number of rotatable bonds is 49. The lowest BCUT2D eigenvalue weighted by atomic mass is 10.0. The fourth-order valence-electron chi connectivity index (χ4n) is 8.53. The van der Waals surface area contributed by atoms with Gasteiger partial charge in [0.15, 0.2) is 0 Å². The van der Waals surface area contributed by atoms with Gasteiger partial charge in [0.2, 0.25) is 0 Å². The lowest BCUT2D eigenvalue weighted by Crippen LogP contribution is -1.97. The highest BCUT2D eigenvalue weighted by molar-refractivity contribution is 4.54. The van der Waals surface area contributed by atoms with Gasteiger partial charge in [-0.25, -0.2) is 0 Å². The van der Waals surface area contributed by atoms with Crippen LogP contribution in [0, 0.1) is 0 Å². The molecule has 0 radical (unpaired) electrons. The molecular formula is C51H105N. The third-order valence-corrected chi connectivity index (χ3v) is 12.3. The summed E-state index contributed by atoms with van der Waals surface area (Å²) in [4.78, 5) is 0. The van der Waals surface area contributed by atoms with Crippen molar-refractivity contribution in [3.63, 3.8) is 0 Å². The second-order valence-corrected chi connectivity index (χ2v) is 17.8. The third-order valence-electron chi connectivity index (χ3n) is 12.3. The van der Waals surface area contributed by atoms with Gasteiger partial charge in [-0.1, -0.05) is 315 Å². The van der Waals surface area contributed by atoms with E-state index in [0.717, 1.165) is 6.54 Å². The van der Waals surface area contributed by atoms with E-state index in [1.807, 2.05) is 0 Å². The Bertz CT molecular complexity index is 522. The van der Waals surface area contributed by atoms with Crippen LogP contribution in [0.15, 0.2) is 0 Å². The van der Waals surface area contributed by atoms with E-state index >= 15 is 0 Å². The molecule has 0 aliphatic rings. The van der Waals surface area contributed by atoms with Gasteiger partial charge in [-0.2, -0.15) is 0 Å². The van der Waals surface area contributed by atoms with Crippen molar-refractivity contribution in [2.45, 2.75) is 322 Å². The van der Waals surface area contributed by atoms with E-state index in [9.17, 15) is 0 Å². The Morgan fingerprint density at radius 2 is 0.250 bits per heavy atom. The van der Waals surface area contributed by atoms with Crippen molar-refractivity contribution < 1.29 is 0 Å². The minimum atomic E-state index is 0.875. The zero-order valence-electron chi connectivity index (χ0n) is 36.9. The number of nitrogens with two attached hydrogens (primary N) is 1. The average Bonchev–Trinajstić information content (AvgIpc) is 3.16. The first kappa shape index (κ1) is 52.0. The molecular weight excluding hydrogens is 627 g/mol. The summed E-state index contributed by atoms with van der Waals surface area (Å²) in [6, 6.07) is 0. The second-order valence-electron chi connectivity index (χ2n) is 17.8. The lowest BCUT2D eigenvalue weighted by Gasteiger charge is -2.05. The first-order valence-corrected chi connectivity index (χ1v) is 25.6. The normalized spacial score (nSPS) is 11.7. The largest absolute Gasteiger partial charge is 0.330 e. The summed E-state index contributed by atoms with van der Waals surface area (Å²) in [7, 11) is 0. The van der Waals surface area contributed by atoms with Crippen LogP contribution in [0.4, 0.5) is 0 Å². The third kappa shape index (κ3) is 50.0. The molecule has 0 aliphatic carbocycles. The van der Waals surface area contributed by atoms with E-state index in [0.29, 0.717) is 0 Å². The standard InChI is InChI=1S/C51H105N/c1-2-3-4-5-6-7-8-9-10-11-12-13-14-15-16-17-18-19-20-21-22-23-24-25-26-27-28-29-30-31-32-33-34-35-36-37-38-39-40-41-42-43-44-45-46-47-48-49-50-51-52/h2-52H2,1H3. The highest BCUT2D eigenvalue weighted by Crippen LogP contribution is 2.18. The van der Waals surface area contributed by atoms with Crippen molar-refractivity contribution >= 4 is 0 Å². The summed E-state index contributed by atoms with van der Waals surface area (Å²) in [6.45, 7) is 3.19. The summed E-state index contributed by atoms with van der Waals surface area (Å²) in [5, 5.41) is 0. The molecule has 0 spiro atoms. The molecule has 0 unspecified atom stereocenters. The molecule has 0 aromatic rings. The van der Waals surface area contributed by atoms with E-state index in [4.69, 9.17) is 5.73 Å². The van der Waals surface area contributed by atoms with Crippen LogP contribution in [-0.4, -0.2) is 6.54 Å². The van der Waals surface area contributed by atoms with Crippen molar-refractivity contribution in [3.05, 3.63) is 0 Å². The number of hydrogen-bond donors (Lipinski definition) is 1. The highest BCUT2D eigenvalue weighted by atomic mass is 14.5. The molecule has 0 rings (SSSR count). The fourth-order valence-corrected chi connectivity index (χ4v) is 8.53. The van der Waals surface area contributed by atoms with E-state index in [1.54, 1.807) is 0 Å². The minimum absolute atomic E-state index is 0.875. The van der Waals surface area contributed by atoms with Gasteiger partial charge in [0.25, 0.3) is 0 Å². The van der Waals surface area contributed by atoms with E-state index in [1.165, 1.54) is 315 Å². The fraction of sp³-hybridized carbons (Fsp3) is 1.00. The molecule has 0 atom stereocenters. The van der Waals surface area contributed by atoms with Crippen LogP contribution in [0.3, 0.4) is 0 Å². The molecule has 0 saturated heterocycles. The first-order valence-electron chi connectivity index (χ1n) is 25.6. The van der Waals surface area contributed by atoms with Crippen LogP contribution >= 0.6 is 0 Å². The molecule has 1 heteroatoms. The van der Waals surface area contributed by atoms with Crippen LogP contribution in [0.1, 0.15) is 322 Å². The summed E-state index contributed by atoms with van der Waals surface area (Å²) < 4.78 is 0. The maximum absolute atomic E-state index is 5.56. The van der Waals surface area contributed by atoms with Crippen molar-refractivity contribution in [1.29, 1.82) is 0 Å². The van der Waals surface area contributed by atoms with Crippen molar-refractivity contribution in [2.24, 2.45) is 5.73 Å². The van der Waals surface area contributed by atoms with Gasteiger partial charge < -0.3 is 5.73 Å². The van der Waals surface area contributed by atoms with Gasteiger partial charge in [0.1, 0.15) is 0 Å². The van der Waals surface area contributed by atoms with Gasteiger partial charge in [0.05, 0.1) is 0 Å². The number of unbranched alkanes of at least 4 members (excludes halogenated alkanes) is 48. The maximum atomic E-state index is 5.56. The molecule has 0 amide bonds. The molecule has 2 N–H and O–H groups in total. The average molecular weight is 732 g/mol. The molecule has 0 aromatic heterocycles. The Balaban J connectivity index is 3.04. The van der Waals surface area contributed by atoms with Gasteiger partial charge in [-0.3, -0.25) is 0 Å². The minimum Gasteiger partial charge on any atom is -0.330 e. The predicted octanol–water partition coefficient (Wildman–Crippen LogP) is 19.1. The first-order chi connectivity index (χ1) is 25.9. The molecule has 0 saturated carbocycles. The van der Waals surface area contributed by atoms with Crippen LogP contribution in [-0.2, 0) is 0 Å². The quantitative estimate of drug-likeness (QED) is 0.0620. The smallest absolute Gasteiger partial charge is 0.00773 e.